The molecule has 112 valence electrons. The Morgan fingerprint density at radius 3 is 2.67 bits per heavy atom. The Labute approximate surface area is 129 Å². The zero-order valence-corrected chi connectivity index (χ0v) is 13.4. The Morgan fingerprint density at radius 1 is 1.43 bits per heavy atom. The molecule has 0 aliphatic rings. The lowest BCUT2D eigenvalue weighted by Gasteiger charge is -2.13. The summed E-state index contributed by atoms with van der Waals surface area (Å²) >= 11 is 5.82. The van der Waals surface area contributed by atoms with E-state index < -0.39 is 0 Å². The molecular weight excluding hydrogens is 288 g/mol. The van der Waals surface area contributed by atoms with Crippen LogP contribution in [0.1, 0.15) is 47.3 Å². The fourth-order valence-electron chi connectivity index (χ4n) is 2.32. The van der Waals surface area contributed by atoms with Crippen LogP contribution in [0.15, 0.2) is 18.3 Å². The fourth-order valence-corrected chi connectivity index (χ4v) is 2.43. The number of aromatic nitrogens is 3. The standard InChI is InChI=1S/C15H19ClN4O/c1-5-20-11(4)14(10(3)19-20)15(21)18-9(2)13-7-6-12(16)8-17-13/h6-9H,5H2,1-4H3,(H,18,21)/t9-/m0/s1. The lowest BCUT2D eigenvalue weighted by molar-refractivity contribution is 0.0938. The molecule has 0 radical (unpaired) electrons. The Hall–Kier alpha value is -1.88. The van der Waals surface area contributed by atoms with Gasteiger partial charge in [-0.05, 0) is 39.8 Å². The first-order valence-corrected chi connectivity index (χ1v) is 7.28. The smallest absolute Gasteiger partial charge is 0.255 e. The molecule has 1 amide bonds. The van der Waals surface area contributed by atoms with Gasteiger partial charge in [0.05, 0.1) is 28.0 Å². The number of aryl methyl sites for hydroxylation is 2. The molecule has 1 N–H and O–H groups in total. The maximum Gasteiger partial charge on any atom is 0.255 e. The Bertz CT molecular complexity index is 648. The summed E-state index contributed by atoms with van der Waals surface area (Å²) in [6.07, 6.45) is 1.57. The summed E-state index contributed by atoms with van der Waals surface area (Å²) < 4.78 is 1.83. The predicted octanol–water partition coefficient (Wildman–Crippen LogP) is 3.06. The normalized spacial score (nSPS) is 12.2. The molecule has 2 aromatic heterocycles. The van der Waals surface area contributed by atoms with Gasteiger partial charge in [-0.2, -0.15) is 5.10 Å². The zero-order chi connectivity index (χ0) is 15.6. The van der Waals surface area contributed by atoms with Crippen LogP contribution in [0.3, 0.4) is 0 Å². The van der Waals surface area contributed by atoms with Gasteiger partial charge in [-0.3, -0.25) is 14.5 Å². The number of pyridine rings is 1. The summed E-state index contributed by atoms with van der Waals surface area (Å²) in [4.78, 5) is 16.7. The number of amides is 1. The van der Waals surface area contributed by atoms with Crippen LogP contribution in [0.4, 0.5) is 0 Å². The highest BCUT2D eigenvalue weighted by Gasteiger charge is 2.20. The predicted molar refractivity (Wildman–Crippen MR) is 82.5 cm³/mol. The summed E-state index contributed by atoms with van der Waals surface area (Å²) in [5.74, 6) is -0.131. The van der Waals surface area contributed by atoms with E-state index in [1.54, 1.807) is 12.3 Å². The Kier molecular flexibility index (Phi) is 4.63. The summed E-state index contributed by atoms with van der Waals surface area (Å²) in [5.41, 5.74) is 3.02. The maximum absolute atomic E-state index is 12.4. The number of nitrogens with zero attached hydrogens (tertiary/aromatic N) is 3. The lowest BCUT2D eigenvalue weighted by atomic mass is 10.1. The van der Waals surface area contributed by atoms with Crippen LogP contribution in [0.5, 0.6) is 0 Å². The highest BCUT2D eigenvalue weighted by Crippen LogP contribution is 2.17. The van der Waals surface area contributed by atoms with E-state index in [0.717, 1.165) is 23.6 Å². The van der Waals surface area contributed by atoms with Gasteiger partial charge in [-0.15, -0.1) is 0 Å². The molecule has 2 rings (SSSR count). The van der Waals surface area contributed by atoms with Gasteiger partial charge in [0.2, 0.25) is 0 Å². The van der Waals surface area contributed by atoms with Crippen molar-refractivity contribution in [2.75, 3.05) is 0 Å². The summed E-state index contributed by atoms with van der Waals surface area (Å²) in [5, 5.41) is 7.89. The van der Waals surface area contributed by atoms with Crippen molar-refractivity contribution in [3.63, 3.8) is 0 Å². The molecule has 0 unspecified atom stereocenters. The second-order valence-electron chi connectivity index (χ2n) is 4.96. The van der Waals surface area contributed by atoms with Crippen molar-refractivity contribution < 1.29 is 4.79 Å². The van der Waals surface area contributed by atoms with Gasteiger partial charge in [0.1, 0.15) is 0 Å². The molecule has 0 aliphatic carbocycles. The topological polar surface area (TPSA) is 59.8 Å². The lowest BCUT2D eigenvalue weighted by Crippen LogP contribution is -2.28. The Balaban J connectivity index is 2.18. The first kappa shape index (κ1) is 15.5. The van der Waals surface area contributed by atoms with Gasteiger partial charge in [-0.1, -0.05) is 11.6 Å². The molecule has 0 fully saturated rings. The van der Waals surface area contributed by atoms with Crippen molar-refractivity contribution in [3.05, 3.63) is 46.0 Å². The second kappa shape index (κ2) is 6.26. The molecule has 5 nitrogen and oxygen atoms in total. The van der Waals surface area contributed by atoms with E-state index in [1.807, 2.05) is 38.4 Å². The van der Waals surface area contributed by atoms with Crippen LogP contribution in [-0.4, -0.2) is 20.7 Å². The molecule has 1 atom stereocenters. The van der Waals surface area contributed by atoms with Crippen molar-refractivity contribution in [2.45, 2.75) is 40.3 Å². The molecule has 0 aliphatic heterocycles. The number of nitrogens with one attached hydrogen (secondary N) is 1. The van der Waals surface area contributed by atoms with Crippen molar-refractivity contribution in [1.82, 2.24) is 20.1 Å². The zero-order valence-electron chi connectivity index (χ0n) is 12.6. The van der Waals surface area contributed by atoms with E-state index in [9.17, 15) is 4.79 Å². The first-order valence-electron chi connectivity index (χ1n) is 6.90. The monoisotopic (exact) mass is 306 g/mol. The molecule has 0 saturated carbocycles. The molecule has 2 aromatic rings. The minimum atomic E-state index is -0.196. The molecule has 0 aromatic carbocycles. The second-order valence-corrected chi connectivity index (χ2v) is 5.39. The third-order valence-corrected chi connectivity index (χ3v) is 3.67. The van der Waals surface area contributed by atoms with E-state index in [4.69, 9.17) is 11.6 Å². The van der Waals surface area contributed by atoms with E-state index >= 15 is 0 Å². The highest BCUT2D eigenvalue weighted by molar-refractivity contribution is 6.30. The van der Waals surface area contributed by atoms with Crippen molar-refractivity contribution in [3.8, 4) is 0 Å². The number of halogens is 1. The van der Waals surface area contributed by atoms with Gasteiger partial charge in [0, 0.05) is 18.4 Å². The van der Waals surface area contributed by atoms with Crippen LogP contribution in [-0.2, 0) is 6.54 Å². The summed E-state index contributed by atoms with van der Waals surface area (Å²) in [6, 6.07) is 3.37. The van der Waals surface area contributed by atoms with Crippen LogP contribution in [0.2, 0.25) is 5.02 Å². The molecule has 0 bridgehead atoms. The van der Waals surface area contributed by atoms with Gasteiger partial charge in [-0.25, -0.2) is 0 Å². The molecule has 0 saturated heterocycles. The van der Waals surface area contributed by atoms with Crippen molar-refractivity contribution in [2.24, 2.45) is 0 Å². The summed E-state index contributed by atoms with van der Waals surface area (Å²) in [7, 11) is 0. The van der Waals surface area contributed by atoms with Crippen LogP contribution in [0.25, 0.3) is 0 Å². The fraction of sp³-hybridized carbons (Fsp3) is 0.400. The minimum absolute atomic E-state index is 0.131. The third kappa shape index (κ3) is 3.24. The van der Waals surface area contributed by atoms with Gasteiger partial charge < -0.3 is 5.32 Å². The van der Waals surface area contributed by atoms with Gasteiger partial charge in [0.15, 0.2) is 0 Å². The van der Waals surface area contributed by atoms with Gasteiger partial charge in [0.25, 0.3) is 5.91 Å². The molecule has 2 heterocycles. The molecular formula is C15H19ClN4O. The van der Waals surface area contributed by atoms with Crippen LogP contribution >= 0.6 is 11.6 Å². The van der Waals surface area contributed by atoms with E-state index in [1.165, 1.54) is 0 Å². The third-order valence-electron chi connectivity index (χ3n) is 3.45. The van der Waals surface area contributed by atoms with E-state index in [-0.39, 0.29) is 11.9 Å². The SMILES string of the molecule is CCn1nc(C)c(C(=O)N[C@@H](C)c2ccc(Cl)cn2)c1C. The molecule has 21 heavy (non-hydrogen) atoms. The van der Waals surface area contributed by atoms with Crippen LogP contribution < -0.4 is 5.32 Å². The summed E-state index contributed by atoms with van der Waals surface area (Å²) in [6.45, 7) is 8.39. The highest BCUT2D eigenvalue weighted by atomic mass is 35.5. The average Bonchev–Trinajstić information content (AvgIpc) is 2.73. The maximum atomic E-state index is 12.4. The number of hydrogen-bond donors (Lipinski definition) is 1. The van der Waals surface area contributed by atoms with Gasteiger partial charge >= 0.3 is 0 Å². The Morgan fingerprint density at radius 2 is 2.14 bits per heavy atom. The largest absolute Gasteiger partial charge is 0.344 e. The number of carbonyl (C=O) groups excluding carboxylic acids is 1. The molecule has 6 heteroatoms. The average molecular weight is 307 g/mol. The van der Waals surface area contributed by atoms with Crippen molar-refractivity contribution in [1.29, 1.82) is 0 Å². The van der Waals surface area contributed by atoms with Crippen molar-refractivity contribution >= 4 is 17.5 Å². The van der Waals surface area contributed by atoms with E-state index in [2.05, 4.69) is 15.4 Å². The number of carbonyl (C=O) groups is 1. The number of hydrogen-bond acceptors (Lipinski definition) is 3. The minimum Gasteiger partial charge on any atom is -0.344 e. The van der Waals surface area contributed by atoms with Crippen LogP contribution in [0, 0.1) is 13.8 Å². The first-order chi connectivity index (χ1) is 9.93. The molecule has 0 spiro atoms. The van der Waals surface area contributed by atoms with E-state index in [0.29, 0.717) is 10.6 Å². The number of rotatable bonds is 4. The quantitative estimate of drug-likeness (QED) is 0.944.